The first-order chi connectivity index (χ1) is 17.1. The van der Waals surface area contributed by atoms with E-state index in [1.54, 1.807) is 46.0 Å². The molecular formula is C27H33N5O4. The lowest BCUT2D eigenvalue weighted by Crippen LogP contribution is -2.34. The summed E-state index contributed by atoms with van der Waals surface area (Å²) in [5.41, 5.74) is 1.72. The number of hydrogen-bond acceptors (Lipinski definition) is 8. The molecule has 9 heteroatoms. The molecule has 0 aromatic heterocycles. The van der Waals surface area contributed by atoms with E-state index in [1.165, 1.54) is 0 Å². The van der Waals surface area contributed by atoms with Gasteiger partial charge >= 0.3 is 6.09 Å². The third-order valence-electron chi connectivity index (χ3n) is 4.66. The highest BCUT2D eigenvalue weighted by molar-refractivity contribution is 5.80. The van der Waals surface area contributed by atoms with Crippen LogP contribution in [0.3, 0.4) is 0 Å². The minimum absolute atomic E-state index is 0.282. The molecule has 0 bridgehead atoms. The van der Waals surface area contributed by atoms with Crippen LogP contribution in [-0.4, -0.2) is 56.1 Å². The van der Waals surface area contributed by atoms with Crippen molar-refractivity contribution in [2.45, 2.75) is 39.7 Å². The van der Waals surface area contributed by atoms with Gasteiger partial charge in [-0.25, -0.2) is 9.79 Å². The van der Waals surface area contributed by atoms with Crippen molar-refractivity contribution in [3.8, 4) is 23.7 Å². The highest BCUT2D eigenvalue weighted by Crippen LogP contribution is 2.25. The summed E-state index contributed by atoms with van der Waals surface area (Å²) in [6.07, 6.45) is 3.42. The van der Waals surface area contributed by atoms with Gasteiger partial charge in [0.25, 0.3) is 0 Å². The Balaban J connectivity index is 2.10. The number of carbonyl (C=O) groups is 1. The number of ether oxygens (including phenoxy) is 3. The Morgan fingerprint density at radius 2 is 2.11 bits per heavy atom. The third-order valence-corrected chi connectivity index (χ3v) is 4.66. The van der Waals surface area contributed by atoms with Crippen LogP contribution in [0.5, 0.6) is 5.75 Å². The van der Waals surface area contributed by atoms with E-state index in [4.69, 9.17) is 14.2 Å². The van der Waals surface area contributed by atoms with E-state index in [1.807, 2.05) is 30.3 Å². The molecule has 0 saturated heterocycles. The van der Waals surface area contributed by atoms with Crippen LogP contribution < -0.4 is 10.1 Å². The summed E-state index contributed by atoms with van der Waals surface area (Å²) in [4.78, 5) is 16.0. The first-order valence-corrected chi connectivity index (χ1v) is 11.5. The van der Waals surface area contributed by atoms with Gasteiger partial charge in [-0.3, -0.25) is 5.01 Å². The zero-order valence-electron chi connectivity index (χ0n) is 21.5. The lowest BCUT2D eigenvalue weighted by atomic mass is 10.1. The SMILES string of the molecule is C=NN(CC1=CN=C(OC)CC#C1)/C(=C\C(C)C#N)c1ccc(OCCNC(=O)OC(C)(C)C)cc1. The van der Waals surface area contributed by atoms with Gasteiger partial charge in [-0.1, -0.05) is 11.8 Å². The van der Waals surface area contributed by atoms with Gasteiger partial charge in [0.1, 0.15) is 18.0 Å². The number of allylic oxidation sites excluding steroid dienone is 1. The van der Waals surface area contributed by atoms with Gasteiger partial charge in [0, 0.05) is 18.5 Å². The standard InChI is InChI=1S/C27H33N5O4/c1-20(17-28)16-24(32(29-5)19-21-8-7-9-25(34-6)31-18-21)22-10-12-23(13-11-22)35-15-14-30-26(33)36-27(2,3)4/h10-13,16,18,20H,5,9,14-15,19H2,1-4,6H3,(H,30,33)/b24-16-. The van der Waals surface area contributed by atoms with E-state index in [9.17, 15) is 10.1 Å². The molecule has 0 fully saturated rings. The number of nitrogens with one attached hydrogen (secondary N) is 1. The van der Waals surface area contributed by atoms with Crippen LogP contribution >= 0.6 is 0 Å². The second kappa shape index (κ2) is 13.6. The number of amides is 1. The summed E-state index contributed by atoms with van der Waals surface area (Å²) >= 11 is 0. The molecule has 1 aliphatic heterocycles. The lowest BCUT2D eigenvalue weighted by molar-refractivity contribution is 0.0520. The fraction of sp³-hybridized carbons (Fsp3) is 0.407. The van der Waals surface area contributed by atoms with E-state index in [0.717, 1.165) is 11.1 Å². The molecule has 0 radical (unpaired) electrons. The summed E-state index contributed by atoms with van der Waals surface area (Å²) in [5, 5.41) is 17.9. The van der Waals surface area contributed by atoms with Crippen LogP contribution in [-0.2, 0) is 9.47 Å². The molecule has 1 N–H and O–H groups in total. The van der Waals surface area contributed by atoms with Gasteiger partial charge in [-0.2, -0.15) is 10.4 Å². The molecule has 1 atom stereocenters. The van der Waals surface area contributed by atoms with Crippen LogP contribution in [0.2, 0.25) is 0 Å². The van der Waals surface area contributed by atoms with Crippen molar-refractivity contribution in [1.29, 1.82) is 5.26 Å². The molecule has 36 heavy (non-hydrogen) atoms. The highest BCUT2D eigenvalue weighted by atomic mass is 16.6. The zero-order chi connectivity index (χ0) is 26.6. The Morgan fingerprint density at radius 3 is 2.72 bits per heavy atom. The minimum atomic E-state index is -0.553. The van der Waals surface area contributed by atoms with Crippen LogP contribution in [0.25, 0.3) is 5.70 Å². The first kappa shape index (κ1) is 28.0. The maximum Gasteiger partial charge on any atom is 0.407 e. The molecule has 0 saturated carbocycles. The molecule has 0 aliphatic carbocycles. The molecule has 1 amide bonds. The quantitative estimate of drug-likeness (QED) is 0.226. The number of carbonyl (C=O) groups excluding carboxylic acids is 1. The van der Waals surface area contributed by atoms with Crippen molar-refractivity contribution < 1.29 is 19.0 Å². The summed E-state index contributed by atoms with van der Waals surface area (Å²) in [6, 6.07) is 9.60. The van der Waals surface area contributed by atoms with Gasteiger partial charge < -0.3 is 19.5 Å². The van der Waals surface area contributed by atoms with Gasteiger partial charge in [0.05, 0.1) is 44.3 Å². The number of hydrogen-bond donors (Lipinski definition) is 1. The number of nitrogens with zero attached hydrogens (tertiary/aromatic N) is 4. The van der Waals surface area contributed by atoms with Gasteiger partial charge in [0.15, 0.2) is 5.90 Å². The number of aliphatic imine (C=N–C) groups is 1. The normalized spacial score (nSPS) is 13.9. The zero-order valence-corrected chi connectivity index (χ0v) is 21.5. The second-order valence-electron chi connectivity index (χ2n) is 8.83. The monoisotopic (exact) mass is 491 g/mol. The number of rotatable bonds is 10. The molecule has 1 aromatic rings. The average molecular weight is 492 g/mol. The number of alkyl carbamates (subject to hydrolysis) is 1. The Hall–Kier alpha value is -4.24. The van der Waals surface area contributed by atoms with E-state index < -0.39 is 11.7 Å². The number of benzene rings is 1. The fourth-order valence-electron chi connectivity index (χ4n) is 3.00. The Morgan fingerprint density at radius 1 is 1.39 bits per heavy atom. The van der Waals surface area contributed by atoms with E-state index in [2.05, 4.69) is 40.0 Å². The van der Waals surface area contributed by atoms with Crippen molar-refractivity contribution in [2.24, 2.45) is 16.0 Å². The molecular weight excluding hydrogens is 458 g/mol. The fourth-order valence-corrected chi connectivity index (χ4v) is 3.00. The van der Waals surface area contributed by atoms with Crippen molar-refractivity contribution >= 4 is 24.4 Å². The Bertz CT molecular complexity index is 1110. The topological polar surface area (TPSA) is 109 Å². The predicted molar refractivity (Wildman–Crippen MR) is 140 cm³/mol. The van der Waals surface area contributed by atoms with Crippen LogP contribution in [0.15, 0.2) is 52.2 Å². The molecule has 190 valence electrons. The molecule has 1 aromatic carbocycles. The Labute approximate surface area is 213 Å². The van der Waals surface area contributed by atoms with Crippen molar-refractivity contribution in [1.82, 2.24) is 10.3 Å². The highest BCUT2D eigenvalue weighted by Gasteiger charge is 2.16. The summed E-state index contributed by atoms with van der Waals surface area (Å²) in [6.45, 7) is 11.8. The third kappa shape index (κ3) is 9.55. The maximum atomic E-state index is 11.7. The number of hydrazone groups is 1. The van der Waals surface area contributed by atoms with Gasteiger partial charge in [0.2, 0.25) is 0 Å². The van der Waals surface area contributed by atoms with Crippen molar-refractivity contribution in [3.05, 3.63) is 47.7 Å². The minimum Gasteiger partial charge on any atom is -0.492 e. The van der Waals surface area contributed by atoms with E-state index in [0.29, 0.717) is 36.9 Å². The maximum absolute atomic E-state index is 11.7. The molecule has 1 unspecified atom stereocenters. The molecule has 9 nitrogen and oxygen atoms in total. The number of nitriles is 1. The average Bonchev–Trinajstić information content (AvgIpc) is 3.08. The summed E-state index contributed by atoms with van der Waals surface area (Å²) < 4.78 is 16.1. The van der Waals surface area contributed by atoms with E-state index >= 15 is 0 Å². The van der Waals surface area contributed by atoms with Crippen LogP contribution in [0.4, 0.5) is 4.79 Å². The Kier molecular flexibility index (Phi) is 10.6. The summed E-state index contributed by atoms with van der Waals surface area (Å²) in [7, 11) is 1.56. The largest absolute Gasteiger partial charge is 0.492 e. The molecule has 2 rings (SSSR count). The molecule has 1 heterocycles. The van der Waals surface area contributed by atoms with Crippen molar-refractivity contribution in [3.63, 3.8) is 0 Å². The van der Waals surface area contributed by atoms with Gasteiger partial charge in [-0.05, 0) is 63.6 Å². The predicted octanol–water partition coefficient (Wildman–Crippen LogP) is 4.34. The smallest absolute Gasteiger partial charge is 0.407 e. The van der Waals surface area contributed by atoms with Gasteiger partial charge in [-0.15, -0.1) is 0 Å². The molecule has 1 aliphatic rings. The molecule has 0 spiro atoms. The van der Waals surface area contributed by atoms with Crippen molar-refractivity contribution in [2.75, 3.05) is 26.8 Å². The number of methoxy groups -OCH3 is 1. The van der Waals surface area contributed by atoms with Crippen LogP contribution in [0.1, 0.15) is 39.7 Å². The lowest BCUT2D eigenvalue weighted by Gasteiger charge is -2.23. The second-order valence-corrected chi connectivity index (χ2v) is 8.83. The first-order valence-electron chi connectivity index (χ1n) is 11.5. The van der Waals surface area contributed by atoms with E-state index in [-0.39, 0.29) is 12.5 Å². The summed E-state index contributed by atoms with van der Waals surface area (Å²) in [5.74, 6) is 6.92. The van der Waals surface area contributed by atoms with Crippen LogP contribution in [0, 0.1) is 29.1 Å².